The molecule has 0 aromatic heterocycles. The Labute approximate surface area is 234 Å². The number of benzene rings is 4. The third-order valence-corrected chi connectivity index (χ3v) is 8.18. The van der Waals surface area contributed by atoms with Crippen LogP contribution in [0.5, 0.6) is 0 Å². The highest BCUT2D eigenvalue weighted by Gasteiger charge is 2.28. The van der Waals surface area contributed by atoms with Crippen molar-refractivity contribution in [2.75, 3.05) is 16.2 Å². The largest absolute Gasteiger partial charge is 0.322 e. The van der Waals surface area contributed by atoms with Gasteiger partial charge in [0.15, 0.2) is 0 Å². The van der Waals surface area contributed by atoms with Crippen LogP contribution < -0.4 is 15.0 Å². The molecular formula is C31H30N4O4S. The van der Waals surface area contributed by atoms with Crippen molar-refractivity contribution in [2.45, 2.75) is 25.7 Å². The number of nitrogens with zero attached hydrogens (tertiary/aromatic N) is 2. The first kappa shape index (κ1) is 28.3. The fraction of sp³-hybridized carbons (Fsp3) is 0.129. The van der Waals surface area contributed by atoms with Crippen LogP contribution in [-0.4, -0.2) is 32.5 Å². The molecule has 0 spiro atoms. The summed E-state index contributed by atoms with van der Waals surface area (Å²) in [5.74, 6) is -0.809. The van der Waals surface area contributed by atoms with Crippen LogP contribution in [0.25, 0.3) is 0 Å². The standard InChI is InChI=1S/C31H30N4O4S/c1-22-11-10-16-29(23(22)2)35(40(38,39)28-14-8-5-9-15-28)21-30(36)34-33-24(3)25-17-19-27(20-18-25)32-31(37)26-12-6-4-7-13-26/h4-20H,21H2,1-3H3,(H,32,37)(H,34,36)/b33-24-. The van der Waals surface area contributed by atoms with Crippen LogP contribution in [0.2, 0.25) is 0 Å². The minimum absolute atomic E-state index is 0.0860. The number of amides is 2. The lowest BCUT2D eigenvalue weighted by Crippen LogP contribution is -2.40. The van der Waals surface area contributed by atoms with Gasteiger partial charge in [0.1, 0.15) is 6.54 Å². The number of hydrogen-bond acceptors (Lipinski definition) is 5. The average molecular weight is 555 g/mol. The molecule has 4 aromatic carbocycles. The number of carbonyl (C=O) groups excluding carboxylic acids is 2. The number of hydrazone groups is 1. The fourth-order valence-electron chi connectivity index (χ4n) is 3.99. The van der Waals surface area contributed by atoms with Crippen molar-refractivity contribution in [3.8, 4) is 0 Å². The molecule has 0 atom stereocenters. The van der Waals surface area contributed by atoms with E-state index in [-0.39, 0.29) is 10.8 Å². The number of carbonyl (C=O) groups is 2. The van der Waals surface area contributed by atoms with Crippen LogP contribution in [0.3, 0.4) is 0 Å². The van der Waals surface area contributed by atoms with Gasteiger partial charge in [-0.15, -0.1) is 0 Å². The summed E-state index contributed by atoms with van der Waals surface area (Å²) in [4.78, 5) is 25.4. The van der Waals surface area contributed by atoms with E-state index in [2.05, 4.69) is 15.8 Å². The molecule has 0 aliphatic heterocycles. The van der Waals surface area contributed by atoms with Crippen LogP contribution in [-0.2, 0) is 14.8 Å². The van der Waals surface area contributed by atoms with Gasteiger partial charge in [-0.2, -0.15) is 5.10 Å². The molecule has 2 amide bonds. The first-order valence-electron chi connectivity index (χ1n) is 12.6. The first-order valence-corrected chi connectivity index (χ1v) is 14.0. The van der Waals surface area contributed by atoms with Crippen molar-refractivity contribution in [3.63, 3.8) is 0 Å². The summed E-state index contributed by atoms with van der Waals surface area (Å²) in [6.45, 7) is 4.98. The van der Waals surface area contributed by atoms with E-state index in [0.29, 0.717) is 22.6 Å². The number of hydrogen-bond donors (Lipinski definition) is 2. The molecule has 2 N–H and O–H groups in total. The summed E-state index contributed by atoms with van der Waals surface area (Å²) in [6, 6.07) is 29.3. The number of anilines is 2. The topological polar surface area (TPSA) is 108 Å². The number of sulfonamides is 1. The Bertz CT molecular complexity index is 1640. The fourth-order valence-corrected chi connectivity index (χ4v) is 5.49. The van der Waals surface area contributed by atoms with Crippen LogP contribution in [0, 0.1) is 13.8 Å². The summed E-state index contributed by atoms with van der Waals surface area (Å²) < 4.78 is 28.2. The minimum Gasteiger partial charge on any atom is -0.322 e. The van der Waals surface area contributed by atoms with E-state index in [9.17, 15) is 18.0 Å². The Kier molecular flexibility index (Phi) is 8.76. The first-order chi connectivity index (χ1) is 19.2. The SMILES string of the molecule is C/C(=N/NC(=O)CN(c1cccc(C)c1C)S(=O)(=O)c1ccccc1)c1ccc(NC(=O)c2ccccc2)cc1. The minimum atomic E-state index is -4.02. The predicted molar refractivity (Wildman–Crippen MR) is 158 cm³/mol. The molecule has 0 heterocycles. The normalized spacial score (nSPS) is 11.5. The van der Waals surface area contributed by atoms with E-state index in [1.165, 1.54) is 12.1 Å². The molecule has 0 saturated carbocycles. The lowest BCUT2D eigenvalue weighted by Gasteiger charge is -2.26. The zero-order chi connectivity index (χ0) is 28.7. The molecule has 0 aliphatic carbocycles. The van der Waals surface area contributed by atoms with Gasteiger partial charge in [0.2, 0.25) is 0 Å². The Morgan fingerprint density at radius 1 is 0.775 bits per heavy atom. The second-order valence-electron chi connectivity index (χ2n) is 9.17. The van der Waals surface area contributed by atoms with Crippen LogP contribution in [0.15, 0.2) is 113 Å². The van der Waals surface area contributed by atoms with Crippen molar-refractivity contribution in [2.24, 2.45) is 5.10 Å². The van der Waals surface area contributed by atoms with E-state index in [0.717, 1.165) is 21.0 Å². The third kappa shape index (κ3) is 6.62. The van der Waals surface area contributed by atoms with Crippen LogP contribution in [0.4, 0.5) is 11.4 Å². The molecule has 9 heteroatoms. The maximum atomic E-state index is 13.6. The van der Waals surface area contributed by atoms with Crippen LogP contribution >= 0.6 is 0 Å². The lowest BCUT2D eigenvalue weighted by atomic mass is 10.1. The second kappa shape index (κ2) is 12.4. The second-order valence-corrected chi connectivity index (χ2v) is 11.0. The molecule has 0 fully saturated rings. The van der Waals surface area contributed by atoms with E-state index in [1.807, 2.05) is 26.0 Å². The van der Waals surface area contributed by atoms with Gasteiger partial charge in [-0.05, 0) is 79.9 Å². The molecule has 0 unspecified atom stereocenters. The van der Waals surface area contributed by atoms with Gasteiger partial charge in [-0.1, -0.05) is 60.7 Å². The van der Waals surface area contributed by atoms with Crippen molar-refractivity contribution >= 4 is 38.9 Å². The average Bonchev–Trinajstić information content (AvgIpc) is 2.97. The van der Waals surface area contributed by atoms with E-state index >= 15 is 0 Å². The summed E-state index contributed by atoms with van der Waals surface area (Å²) in [7, 11) is -4.02. The molecule has 0 aliphatic rings. The van der Waals surface area contributed by atoms with E-state index < -0.39 is 22.5 Å². The molecular weight excluding hydrogens is 524 g/mol. The number of rotatable bonds is 9. The van der Waals surface area contributed by atoms with Gasteiger partial charge in [0.05, 0.1) is 16.3 Å². The van der Waals surface area contributed by atoms with Crippen molar-refractivity contribution < 1.29 is 18.0 Å². The molecule has 0 bridgehead atoms. The highest BCUT2D eigenvalue weighted by Crippen LogP contribution is 2.28. The number of nitrogens with one attached hydrogen (secondary N) is 2. The predicted octanol–water partition coefficient (Wildman–Crippen LogP) is 5.29. The van der Waals surface area contributed by atoms with Gasteiger partial charge >= 0.3 is 0 Å². The smallest absolute Gasteiger partial charge is 0.264 e. The van der Waals surface area contributed by atoms with Crippen molar-refractivity contribution in [1.82, 2.24) is 5.43 Å². The van der Waals surface area contributed by atoms with Gasteiger partial charge < -0.3 is 5.32 Å². The highest BCUT2D eigenvalue weighted by molar-refractivity contribution is 7.92. The van der Waals surface area contributed by atoms with E-state index in [4.69, 9.17) is 0 Å². The van der Waals surface area contributed by atoms with Crippen molar-refractivity contribution in [1.29, 1.82) is 0 Å². The molecule has 4 aromatic rings. The van der Waals surface area contributed by atoms with Gasteiger partial charge in [0.25, 0.3) is 21.8 Å². The molecule has 0 saturated heterocycles. The summed E-state index contributed by atoms with van der Waals surface area (Å²) >= 11 is 0. The van der Waals surface area contributed by atoms with E-state index in [1.54, 1.807) is 85.8 Å². The Hall–Kier alpha value is -4.76. The van der Waals surface area contributed by atoms with Gasteiger partial charge in [-0.25, -0.2) is 13.8 Å². The maximum absolute atomic E-state index is 13.6. The Balaban J connectivity index is 1.48. The molecule has 0 radical (unpaired) electrons. The summed E-state index contributed by atoms with van der Waals surface area (Å²) in [5, 5.41) is 7.02. The van der Waals surface area contributed by atoms with Crippen molar-refractivity contribution in [3.05, 3.63) is 125 Å². The molecule has 4 rings (SSSR count). The quantitative estimate of drug-likeness (QED) is 0.216. The summed E-state index contributed by atoms with van der Waals surface area (Å²) in [6.07, 6.45) is 0. The van der Waals surface area contributed by atoms with Gasteiger partial charge in [-0.3, -0.25) is 13.9 Å². The highest BCUT2D eigenvalue weighted by atomic mass is 32.2. The zero-order valence-corrected chi connectivity index (χ0v) is 23.3. The summed E-state index contributed by atoms with van der Waals surface area (Å²) in [5.41, 5.74) is 6.97. The van der Waals surface area contributed by atoms with Gasteiger partial charge in [0, 0.05) is 11.3 Å². The molecule has 8 nitrogen and oxygen atoms in total. The Morgan fingerprint density at radius 2 is 1.40 bits per heavy atom. The van der Waals surface area contributed by atoms with Crippen LogP contribution in [0.1, 0.15) is 34.0 Å². The molecule has 204 valence electrons. The monoisotopic (exact) mass is 554 g/mol. The number of aryl methyl sites for hydroxylation is 1. The zero-order valence-electron chi connectivity index (χ0n) is 22.5. The Morgan fingerprint density at radius 3 is 2.05 bits per heavy atom. The lowest BCUT2D eigenvalue weighted by molar-refractivity contribution is -0.119. The maximum Gasteiger partial charge on any atom is 0.264 e. The molecule has 40 heavy (non-hydrogen) atoms. The third-order valence-electron chi connectivity index (χ3n) is 6.41.